The van der Waals surface area contributed by atoms with Gasteiger partial charge in [0.1, 0.15) is 0 Å². The molecule has 1 rings (SSSR count). The number of hydrogen-bond donors (Lipinski definition) is 2. The molecule has 0 aliphatic heterocycles. The first kappa shape index (κ1) is 11.7. The predicted molar refractivity (Wildman–Crippen MR) is 59.4 cm³/mol. The molecule has 5 heteroatoms. The SMILES string of the molecule is CCn1cc(NC(=O)CCC(C)N)cn1. The Morgan fingerprint density at radius 3 is 3.00 bits per heavy atom. The van der Waals surface area contributed by atoms with Gasteiger partial charge in [0, 0.05) is 25.2 Å². The van der Waals surface area contributed by atoms with Gasteiger partial charge in [-0.2, -0.15) is 5.10 Å². The summed E-state index contributed by atoms with van der Waals surface area (Å²) in [6.45, 7) is 4.69. The molecule has 0 saturated heterocycles. The van der Waals surface area contributed by atoms with E-state index in [0.29, 0.717) is 12.8 Å². The highest BCUT2D eigenvalue weighted by atomic mass is 16.1. The summed E-state index contributed by atoms with van der Waals surface area (Å²) in [4.78, 5) is 11.4. The topological polar surface area (TPSA) is 72.9 Å². The second-order valence-electron chi connectivity index (χ2n) is 3.65. The maximum absolute atomic E-state index is 11.4. The monoisotopic (exact) mass is 210 g/mol. The normalized spacial score (nSPS) is 12.5. The first-order chi connectivity index (χ1) is 7.11. The Balaban J connectivity index is 2.37. The standard InChI is InChI=1S/C10H18N4O/c1-3-14-7-9(6-12-14)13-10(15)5-4-8(2)11/h6-8H,3-5,11H2,1-2H3,(H,13,15). The largest absolute Gasteiger partial charge is 0.328 e. The van der Waals surface area contributed by atoms with Gasteiger partial charge in [0.15, 0.2) is 0 Å². The molecule has 1 aromatic rings. The van der Waals surface area contributed by atoms with Crippen molar-refractivity contribution in [3.8, 4) is 0 Å². The van der Waals surface area contributed by atoms with Crippen LogP contribution in [0.2, 0.25) is 0 Å². The second kappa shape index (κ2) is 5.50. The van der Waals surface area contributed by atoms with E-state index < -0.39 is 0 Å². The third kappa shape index (κ3) is 4.12. The van der Waals surface area contributed by atoms with Crippen molar-refractivity contribution in [2.75, 3.05) is 5.32 Å². The van der Waals surface area contributed by atoms with Crippen LogP contribution in [0.5, 0.6) is 0 Å². The van der Waals surface area contributed by atoms with Gasteiger partial charge in [0.05, 0.1) is 11.9 Å². The summed E-state index contributed by atoms with van der Waals surface area (Å²) in [7, 11) is 0. The van der Waals surface area contributed by atoms with Crippen LogP contribution in [0.15, 0.2) is 12.4 Å². The van der Waals surface area contributed by atoms with Crippen LogP contribution in [0.25, 0.3) is 0 Å². The van der Waals surface area contributed by atoms with Crippen molar-refractivity contribution in [1.82, 2.24) is 9.78 Å². The molecule has 0 aromatic carbocycles. The van der Waals surface area contributed by atoms with E-state index >= 15 is 0 Å². The van der Waals surface area contributed by atoms with Gasteiger partial charge in [-0.05, 0) is 20.3 Å². The molecule has 0 aliphatic carbocycles. The lowest BCUT2D eigenvalue weighted by molar-refractivity contribution is -0.116. The number of aromatic nitrogens is 2. The second-order valence-corrected chi connectivity index (χ2v) is 3.65. The van der Waals surface area contributed by atoms with E-state index in [0.717, 1.165) is 12.2 Å². The summed E-state index contributed by atoms with van der Waals surface area (Å²) in [6, 6.07) is 0.0640. The number of rotatable bonds is 5. The first-order valence-electron chi connectivity index (χ1n) is 5.19. The molecular formula is C10H18N4O. The number of nitrogens with one attached hydrogen (secondary N) is 1. The lowest BCUT2D eigenvalue weighted by atomic mass is 10.2. The summed E-state index contributed by atoms with van der Waals surface area (Å²) < 4.78 is 1.77. The maximum Gasteiger partial charge on any atom is 0.224 e. The average Bonchev–Trinajstić information content (AvgIpc) is 2.62. The molecule has 1 amide bonds. The fourth-order valence-electron chi connectivity index (χ4n) is 1.18. The molecule has 3 N–H and O–H groups in total. The van der Waals surface area contributed by atoms with Crippen LogP contribution in [0.1, 0.15) is 26.7 Å². The number of nitrogens with zero attached hydrogens (tertiary/aromatic N) is 2. The fourth-order valence-corrected chi connectivity index (χ4v) is 1.18. The van der Waals surface area contributed by atoms with Crippen molar-refractivity contribution < 1.29 is 4.79 Å². The third-order valence-electron chi connectivity index (χ3n) is 2.07. The van der Waals surface area contributed by atoms with Crippen molar-refractivity contribution in [1.29, 1.82) is 0 Å². The fraction of sp³-hybridized carbons (Fsp3) is 0.600. The third-order valence-corrected chi connectivity index (χ3v) is 2.07. The summed E-state index contributed by atoms with van der Waals surface area (Å²) in [5.74, 6) is -0.0112. The van der Waals surface area contributed by atoms with Gasteiger partial charge in [-0.25, -0.2) is 0 Å². The molecule has 0 radical (unpaired) electrons. The molecule has 5 nitrogen and oxygen atoms in total. The van der Waals surface area contributed by atoms with E-state index in [1.54, 1.807) is 10.9 Å². The lowest BCUT2D eigenvalue weighted by Crippen LogP contribution is -2.19. The summed E-state index contributed by atoms with van der Waals surface area (Å²) in [5, 5.41) is 6.83. The number of aryl methyl sites for hydroxylation is 1. The van der Waals surface area contributed by atoms with Gasteiger partial charge < -0.3 is 11.1 Å². The van der Waals surface area contributed by atoms with Gasteiger partial charge in [-0.1, -0.05) is 0 Å². The van der Waals surface area contributed by atoms with Gasteiger partial charge in [-0.3, -0.25) is 9.48 Å². The minimum atomic E-state index is -0.0112. The molecule has 1 atom stereocenters. The number of amides is 1. The molecule has 0 spiro atoms. The number of carbonyl (C=O) groups excluding carboxylic acids is 1. The summed E-state index contributed by atoms with van der Waals surface area (Å²) in [5.41, 5.74) is 6.31. The molecule has 0 bridgehead atoms. The predicted octanol–water partition coefficient (Wildman–Crippen LogP) is 0.969. The van der Waals surface area contributed by atoms with E-state index in [4.69, 9.17) is 5.73 Å². The minimum absolute atomic E-state index is 0.0112. The summed E-state index contributed by atoms with van der Waals surface area (Å²) >= 11 is 0. The van der Waals surface area contributed by atoms with E-state index in [1.807, 2.05) is 20.0 Å². The van der Waals surface area contributed by atoms with Gasteiger partial charge >= 0.3 is 0 Å². The molecule has 0 aliphatic rings. The van der Waals surface area contributed by atoms with Crippen molar-refractivity contribution >= 4 is 11.6 Å². The Kier molecular flexibility index (Phi) is 4.30. The molecule has 1 unspecified atom stereocenters. The first-order valence-corrected chi connectivity index (χ1v) is 5.19. The highest BCUT2D eigenvalue weighted by Gasteiger charge is 2.05. The van der Waals surface area contributed by atoms with E-state index in [2.05, 4.69) is 10.4 Å². The highest BCUT2D eigenvalue weighted by molar-refractivity contribution is 5.90. The van der Waals surface area contributed by atoms with Gasteiger partial charge in [-0.15, -0.1) is 0 Å². The minimum Gasteiger partial charge on any atom is -0.328 e. The van der Waals surface area contributed by atoms with Crippen LogP contribution in [0.3, 0.4) is 0 Å². The Labute approximate surface area is 89.6 Å². The number of nitrogens with two attached hydrogens (primary N) is 1. The molecule has 1 aromatic heterocycles. The van der Waals surface area contributed by atoms with Crippen LogP contribution >= 0.6 is 0 Å². The summed E-state index contributed by atoms with van der Waals surface area (Å²) in [6.07, 6.45) is 4.61. The highest BCUT2D eigenvalue weighted by Crippen LogP contribution is 2.06. The van der Waals surface area contributed by atoms with Crippen molar-refractivity contribution in [2.45, 2.75) is 39.3 Å². The van der Waals surface area contributed by atoms with E-state index in [-0.39, 0.29) is 11.9 Å². The zero-order valence-corrected chi connectivity index (χ0v) is 9.23. The molecular weight excluding hydrogens is 192 g/mol. The van der Waals surface area contributed by atoms with Crippen LogP contribution in [0, 0.1) is 0 Å². The average molecular weight is 210 g/mol. The molecule has 1 heterocycles. The van der Waals surface area contributed by atoms with Crippen LogP contribution in [-0.2, 0) is 11.3 Å². The zero-order chi connectivity index (χ0) is 11.3. The van der Waals surface area contributed by atoms with Crippen LogP contribution < -0.4 is 11.1 Å². The number of carbonyl (C=O) groups is 1. The zero-order valence-electron chi connectivity index (χ0n) is 9.23. The molecule has 0 fully saturated rings. The van der Waals surface area contributed by atoms with Crippen molar-refractivity contribution in [3.05, 3.63) is 12.4 Å². The van der Waals surface area contributed by atoms with Crippen molar-refractivity contribution in [3.63, 3.8) is 0 Å². The Morgan fingerprint density at radius 2 is 2.47 bits per heavy atom. The smallest absolute Gasteiger partial charge is 0.224 e. The molecule has 84 valence electrons. The molecule has 0 saturated carbocycles. The van der Waals surface area contributed by atoms with Crippen LogP contribution in [0.4, 0.5) is 5.69 Å². The quantitative estimate of drug-likeness (QED) is 0.760. The van der Waals surface area contributed by atoms with E-state index in [9.17, 15) is 4.79 Å². The van der Waals surface area contributed by atoms with Crippen molar-refractivity contribution in [2.24, 2.45) is 5.73 Å². The maximum atomic E-state index is 11.4. The van der Waals surface area contributed by atoms with Gasteiger partial charge in [0.2, 0.25) is 5.91 Å². The Hall–Kier alpha value is -1.36. The van der Waals surface area contributed by atoms with Crippen LogP contribution in [-0.4, -0.2) is 21.7 Å². The van der Waals surface area contributed by atoms with Gasteiger partial charge in [0.25, 0.3) is 0 Å². The Morgan fingerprint density at radius 1 is 1.73 bits per heavy atom. The lowest BCUT2D eigenvalue weighted by Gasteiger charge is -2.04. The Bertz CT molecular complexity index is 319. The number of hydrogen-bond acceptors (Lipinski definition) is 3. The number of anilines is 1. The van der Waals surface area contributed by atoms with E-state index in [1.165, 1.54) is 0 Å². The molecule has 15 heavy (non-hydrogen) atoms.